The Morgan fingerprint density at radius 2 is 1.93 bits per heavy atom. The molecule has 218 valence electrons. The van der Waals surface area contributed by atoms with Crippen molar-refractivity contribution in [2.45, 2.75) is 50.7 Å². The lowest BCUT2D eigenvalue weighted by molar-refractivity contribution is -0.125. The number of imidazole rings is 1. The second-order valence-electron chi connectivity index (χ2n) is 10.1. The fourth-order valence-corrected chi connectivity index (χ4v) is 5.58. The predicted octanol–water partition coefficient (Wildman–Crippen LogP) is 3.18. The Morgan fingerprint density at radius 1 is 1.10 bits per heavy atom. The molecule has 1 atom stereocenters. The van der Waals surface area contributed by atoms with Gasteiger partial charge in [-0.1, -0.05) is 43.0 Å². The Balaban J connectivity index is 1.37. The minimum Gasteiger partial charge on any atom is -0.493 e. The largest absolute Gasteiger partial charge is 0.493 e. The third-order valence-corrected chi connectivity index (χ3v) is 7.74. The van der Waals surface area contributed by atoms with Gasteiger partial charge in [-0.2, -0.15) is 4.98 Å². The van der Waals surface area contributed by atoms with Crippen LogP contribution in [-0.2, 0) is 11.3 Å². The smallest absolute Gasteiger partial charge is 0.318 e. The maximum Gasteiger partial charge on any atom is 0.318 e. The van der Waals surface area contributed by atoms with Gasteiger partial charge in [0.05, 0.1) is 14.2 Å². The van der Waals surface area contributed by atoms with E-state index in [4.69, 9.17) is 21.1 Å². The van der Waals surface area contributed by atoms with Crippen LogP contribution in [0.5, 0.6) is 11.5 Å². The van der Waals surface area contributed by atoms with E-state index < -0.39 is 6.04 Å². The van der Waals surface area contributed by atoms with E-state index in [0.29, 0.717) is 36.4 Å². The van der Waals surface area contributed by atoms with E-state index in [1.807, 2.05) is 17.0 Å². The Morgan fingerprint density at radius 3 is 2.66 bits per heavy atom. The molecule has 1 aromatic carbocycles. The summed E-state index contributed by atoms with van der Waals surface area (Å²) in [6.07, 6.45) is 10.2. The number of methoxy groups -OCH3 is 2. The molecule has 3 amide bonds. The molecule has 2 aromatic heterocycles. The van der Waals surface area contributed by atoms with Crippen molar-refractivity contribution in [3.05, 3.63) is 53.7 Å². The van der Waals surface area contributed by atoms with Gasteiger partial charge in [-0.15, -0.1) is 0 Å². The molecule has 5 rings (SSSR count). The van der Waals surface area contributed by atoms with Crippen molar-refractivity contribution < 1.29 is 19.1 Å². The number of piperazine rings is 1. The van der Waals surface area contributed by atoms with E-state index in [2.05, 4.69) is 25.6 Å². The molecule has 3 heterocycles. The number of halogens is 1. The third-order valence-electron chi connectivity index (χ3n) is 7.54. The second kappa shape index (κ2) is 13.1. The van der Waals surface area contributed by atoms with E-state index in [1.165, 1.54) is 6.42 Å². The van der Waals surface area contributed by atoms with E-state index in [9.17, 15) is 9.59 Å². The average Bonchev–Trinajstić information content (AvgIpc) is 3.55. The number of urea groups is 1. The number of amides is 3. The van der Waals surface area contributed by atoms with E-state index >= 15 is 0 Å². The van der Waals surface area contributed by atoms with Crippen molar-refractivity contribution >= 4 is 29.4 Å². The highest BCUT2D eigenvalue weighted by atomic mass is 35.5. The van der Waals surface area contributed by atoms with Crippen LogP contribution in [0, 0.1) is 0 Å². The standard InChI is InChI=1S/C28H35ClN8O4/c1-40-22-10-6-7-19(25(22)41-2)16-31-26(38)21-17-35(13-14-37(21)28(39)32-20-8-4-3-5-9-20)24-15-23(29)33-27(34-24)36-12-11-30-18-36/h6-7,10-12,15,18,20-21H,3-5,8-9,13-14,16-17H2,1-2H3,(H,31,38)(H,32,39). The summed E-state index contributed by atoms with van der Waals surface area (Å²) in [5.74, 6) is 1.77. The molecule has 1 unspecified atom stereocenters. The van der Waals surface area contributed by atoms with Crippen LogP contribution in [0.25, 0.3) is 5.95 Å². The van der Waals surface area contributed by atoms with Gasteiger partial charge >= 0.3 is 6.03 Å². The number of anilines is 1. The zero-order chi connectivity index (χ0) is 28.8. The zero-order valence-corrected chi connectivity index (χ0v) is 24.0. The van der Waals surface area contributed by atoms with Gasteiger partial charge in [-0.05, 0) is 18.9 Å². The molecule has 3 aromatic rings. The van der Waals surface area contributed by atoms with Crippen LogP contribution in [-0.4, -0.2) is 82.3 Å². The molecule has 1 aliphatic heterocycles. The first-order chi connectivity index (χ1) is 20.0. The normalized spacial score (nSPS) is 17.7. The number of para-hydroxylation sites is 1. The van der Waals surface area contributed by atoms with Crippen LogP contribution in [0.2, 0.25) is 5.15 Å². The highest BCUT2D eigenvalue weighted by Gasteiger charge is 2.37. The maximum atomic E-state index is 13.7. The molecular weight excluding hydrogens is 548 g/mol. The highest BCUT2D eigenvalue weighted by molar-refractivity contribution is 6.29. The van der Waals surface area contributed by atoms with Gasteiger partial charge in [0.1, 0.15) is 23.3 Å². The van der Waals surface area contributed by atoms with Crippen LogP contribution >= 0.6 is 11.6 Å². The van der Waals surface area contributed by atoms with Gasteiger partial charge in [0.25, 0.3) is 0 Å². The molecule has 2 N–H and O–H groups in total. The molecule has 1 aliphatic carbocycles. The number of hydrogen-bond acceptors (Lipinski definition) is 8. The van der Waals surface area contributed by atoms with Crippen LogP contribution in [0.3, 0.4) is 0 Å². The number of nitrogens with zero attached hydrogens (tertiary/aromatic N) is 6. The van der Waals surface area contributed by atoms with Crippen molar-refractivity contribution in [1.29, 1.82) is 0 Å². The van der Waals surface area contributed by atoms with Crippen LogP contribution in [0.15, 0.2) is 43.0 Å². The van der Waals surface area contributed by atoms with Crippen molar-refractivity contribution in [2.75, 3.05) is 38.8 Å². The number of rotatable bonds is 8. The van der Waals surface area contributed by atoms with Crippen LogP contribution < -0.4 is 25.0 Å². The fourth-order valence-electron chi connectivity index (χ4n) is 5.40. The van der Waals surface area contributed by atoms with E-state index in [1.54, 1.807) is 54.5 Å². The van der Waals surface area contributed by atoms with Gasteiger partial charge in [-0.3, -0.25) is 9.36 Å². The van der Waals surface area contributed by atoms with Gasteiger partial charge in [0, 0.05) is 56.2 Å². The molecule has 41 heavy (non-hydrogen) atoms. The number of ether oxygens (including phenoxy) is 2. The number of benzene rings is 1. The summed E-state index contributed by atoms with van der Waals surface area (Å²) in [4.78, 5) is 43.8. The minimum atomic E-state index is -0.769. The fraction of sp³-hybridized carbons (Fsp3) is 0.464. The summed E-state index contributed by atoms with van der Waals surface area (Å²) >= 11 is 6.36. The summed E-state index contributed by atoms with van der Waals surface area (Å²) in [5, 5.41) is 6.44. The highest BCUT2D eigenvalue weighted by Crippen LogP contribution is 2.30. The Hall–Kier alpha value is -4.06. The number of hydrogen-bond donors (Lipinski definition) is 2. The van der Waals surface area contributed by atoms with Gasteiger partial charge in [-0.25, -0.2) is 14.8 Å². The summed E-state index contributed by atoms with van der Waals surface area (Å²) in [6.45, 7) is 1.25. The van der Waals surface area contributed by atoms with Gasteiger partial charge in [0.15, 0.2) is 11.5 Å². The molecule has 1 saturated carbocycles. The topological polar surface area (TPSA) is 127 Å². The van der Waals surface area contributed by atoms with Crippen molar-refractivity contribution in [1.82, 2.24) is 35.1 Å². The third kappa shape index (κ3) is 6.64. The van der Waals surface area contributed by atoms with Crippen LogP contribution in [0.1, 0.15) is 37.7 Å². The summed E-state index contributed by atoms with van der Waals surface area (Å²) in [6, 6.07) is 6.29. The van der Waals surface area contributed by atoms with E-state index in [-0.39, 0.29) is 36.2 Å². The zero-order valence-electron chi connectivity index (χ0n) is 23.3. The molecule has 0 bridgehead atoms. The SMILES string of the molecule is COc1cccc(CNC(=O)C2CN(c3cc(Cl)nc(-n4ccnc4)n3)CCN2C(=O)NC2CCCCC2)c1OC. The number of carbonyl (C=O) groups is 2. The Labute approximate surface area is 244 Å². The Kier molecular flexibility index (Phi) is 9.07. The molecule has 2 aliphatic rings. The summed E-state index contributed by atoms with van der Waals surface area (Å²) in [5.41, 5.74) is 0.763. The van der Waals surface area contributed by atoms with Gasteiger partial charge < -0.3 is 29.9 Å². The van der Waals surface area contributed by atoms with Crippen molar-refractivity contribution in [2.24, 2.45) is 0 Å². The number of nitrogens with one attached hydrogen (secondary N) is 2. The quantitative estimate of drug-likeness (QED) is 0.388. The summed E-state index contributed by atoms with van der Waals surface area (Å²) in [7, 11) is 3.13. The minimum absolute atomic E-state index is 0.123. The lowest BCUT2D eigenvalue weighted by atomic mass is 9.95. The molecular formula is C28H35ClN8O4. The Bertz CT molecular complexity index is 1350. The van der Waals surface area contributed by atoms with Crippen molar-refractivity contribution in [3.63, 3.8) is 0 Å². The average molecular weight is 583 g/mol. The summed E-state index contributed by atoms with van der Waals surface area (Å²) < 4.78 is 12.6. The maximum absolute atomic E-state index is 13.7. The van der Waals surface area contributed by atoms with Crippen molar-refractivity contribution in [3.8, 4) is 17.4 Å². The molecule has 1 saturated heterocycles. The first-order valence-electron chi connectivity index (χ1n) is 13.8. The lowest BCUT2D eigenvalue weighted by Gasteiger charge is -2.41. The second-order valence-corrected chi connectivity index (χ2v) is 10.5. The monoisotopic (exact) mass is 582 g/mol. The van der Waals surface area contributed by atoms with Gasteiger partial charge in [0.2, 0.25) is 11.9 Å². The lowest BCUT2D eigenvalue weighted by Crippen LogP contribution is -2.63. The molecule has 12 nitrogen and oxygen atoms in total. The number of carbonyl (C=O) groups excluding carboxylic acids is 2. The first kappa shape index (κ1) is 28.5. The van der Waals surface area contributed by atoms with E-state index in [0.717, 1.165) is 31.2 Å². The molecule has 0 radical (unpaired) electrons. The molecule has 13 heteroatoms. The predicted molar refractivity (Wildman–Crippen MR) is 154 cm³/mol. The molecule has 2 fully saturated rings. The van der Waals surface area contributed by atoms with Crippen LogP contribution in [0.4, 0.5) is 10.6 Å². The number of aromatic nitrogens is 4. The molecule has 0 spiro atoms. The first-order valence-corrected chi connectivity index (χ1v) is 14.2.